The molecule has 1 N–H and O–H groups in total. The van der Waals surface area contributed by atoms with Crippen molar-refractivity contribution < 1.29 is 18.4 Å². The lowest BCUT2D eigenvalue weighted by molar-refractivity contribution is -0.0761. The third-order valence-electron chi connectivity index (χ3n) is 4.89. The van der Waals surface area contributed by atoms with Crippen molar-refractivity contribution in [3.8, 4) is 22.4 Å². The van der Waals surface area contributed by atoms with Gasteiger partial charge in [0.2, 0.25) is 0 Å². The smallest absolute Gasteiger partial charge is 0.294 e. The summed E-state index contributed by atoms with van der Waals surface area (Å²) in [5, 5.41) is 1.79. The number of amides is 1. The highest BCUT2D eigenvalue weighted by molar-refractivity contribution is 7.80. The molecule has 0 aliphatic heterocycles. The highest BCUT2D eigenvalue weighted by Crippen LogP contribution is 2.38. The van der Waals surface area contributed by atoms with E-state index in [9.17, 15) is 13.6 Å². The first-order valence-corrected chi connectivity index (χ1v) is 10.4. The van der Waals surface area contributed by atoms with Crippen LogP contribution in [0.1, 0.15) is 16.1 Å². The van der Waals surface area contributed by atoms with Gasteiger partial charge in [0, 0.05) is 41.6 Å². The van der Waals surface area contributed by atoms with Crippen LogP contribution in [0.4, 0.5) is 5.69 Å². The average Bonchev–Trinajstić information content (AvgIpc) is 2.98. The lowest BCUT2D eigenvalue weighted by atomic mass is 9.98. The zero-order chi connectivity index (χ0) is 22.0. The first-order valence-electron chi connectivity index (χ1n) is 8.98. The molecule has 9 heteroatoms. The number of nitrogens with one attached hydrogen (secondary N) is 1. The molecule has 0 saturated carbocycles. The second kappa shape index (κ2) is 9.01. The van der Waals surface area contributed by atoms with Gasteiger partial charge in [-0.15, -0.1) is 0 Å². The fraction of sp³-hybridized carbons (Fsp3) is 0.190. The Bertz CT molecular complexity index is 1090. The van der Waals surface area contributed by atoms with E-state index in [0.717, 1.165) is 27.9 Å². The number of hydroxylamine groups is 2. The van der Waals surface area contributed by atoms with Gasteiger partial charge in [-0.2, -0.15) is 0 Å². The zero-order valence-electron chi connectivity index (χ0n) is 16.9. The molecule has 1 amide bonds. The standard InChI is InChI=1S/C21H22ClN3O4S/c1-13-18(14-7-11-17(12-8-14)23-30(27)28)20(21(26)25(3)29-4)24(2)19(13)15-5-9-16(22)10-6-15/h5-12,23H,1-4H3,(H,27,28)/p-1. The van der Waals surface area contributed by atoms with Gasteiger partial charge < -0.3 is 13.8 Å². The molecule has 158 valence electrons. The third-order valence-corrected chi connectivity index (χ3v) is 5.55. The Morgan fingerprint density at radius 3 is 2.23 bits per heavy atom. The van der Waals surface area contributed by atoms with Crippen molar-refractivity contribution in [2.45, 2.75) is 6.92 Å². The van der Waals surface area contributed by atoms with Crippen LogP contribution in [-0.4, -0.2) is 38.5 Å². The van der Waals surface area contributed by atoms with E-state index in [2.05, 4.69) is 4.72 Å². The molecular formula is C21H21ClN3O4S-. The first kappa shape index (κ1) is 22.0. The second-order valence-electron chi connectivity index (χ2n) is 6.66. The third kappa shape index (κ3) is 4.27. The molecule has 0 aliphatic rings. The molecule has 1 heterocycles. The van der Waals surface area contributed by atoms with Gasteiger partial charge in [-0.25, -0.2) is 5.06 Å². The molecule has 0 fully saturated rings. The van der Waals surface area contributed by atoms with Gasteiger partial charge in [0.25, 0.3) is 5.91 Å². The van der Waals surface area contributed by atoms with Gasteiger partial charge in [0.05, 0.1) is 12.8 Å². The van der Waals surface area contributed by atoms with Crippen LogP contribution in [0.3, 0.4) is 0 Å². The monoisotopic (exact) mass is 446 g/mol. The SMILES string of the molecule is CON(C)C(=O)c1c(-c2ccc(NS(=O)[O-])cc2)c(C)c(-c2ccc(Cl)cc2)n1C. The molecule has 0 saturated heterocycles. The molecule has 0 radical (unpaired) electrons. The van der Waals surface area contributed by atoms with Crippen molar-refractivity contribution in [2.75, 3.05) is 18.9 Å². The van der Waals surface area contributed by atoms with E-state index in [4.69, 9.17) is 16.4 Å². The molecule has 1 atom stereocenters. The summed E-state index contributed by atoms with van der Waals surface area (Å²) in [6.45, 7) is 1.95. The Morgan fingerprint density at radius 2 is 1.70 bits per heavy atom. The Balaban J connectivity index is 2.22. The van der Waals surface area contributed by atoms with Crippen LogP contribution in [0.2, 0.25) is 5.02 Å². The van der Waals surface area contributed by atoms with E-state index in [0.29, 0.717) is 16.4 Å². The number of benzene rings is 2. The summed E-state index contributed by atoms with van der Waals surface area (Å²) in [7, 11) is 4.80. The number of hydrogen-bond donors (Lipinski definition) is 1. The molecule has 1 aromatic heterocycles. The van der Waals surface area contributed by atoms with Crippen LogP contribution in [0.25, 0.3) is 22.4 Å². The molecular weight excluding hydrogens is 426 g/mol. The fourth-order valence-electron chi connectivity index (χ4n) is 3.48. The summed E-state index contributed by atoms with van der Waals surface area (Å²) in [5.74, 6) is -0.304. The number of carbonyl (C=O) groups is 1. The number of carbonyl (C=O) groups excluding carboxylic acids is 1. The van der Waals surface area contributed by atoms with E-state index in [-0.39, 0.29) is 5.91 Å². The average molecular weight is 447 g/mol. The summed E-state index contributed by atoms with van der Waals surface area (Å²) in [4.78, 5) is 18.2. The van der Waals surface area contributed by atoms with Gasteiger partial charge >= 0.3 is 0 Å². The maximum Gasteiger partial charge on any atom is 0.294 e. The van der Waals surface area contributed by atoms with E-state index >= 15 is 0 Å². The number of hydrogen-bond acceptors (Lipinski definition) is 4. The van der Waals surface area contributed by atoms with Crippen molar-refractivity contribution in [1.29, 1.82) is 0 Å². The highest BCUT2D eigenvalue weighted by Gasteiger charge is 2.27. The van der Waals surface area contributed by atoms with Gasteiger partial charge in [0.15, 0.2) is 0 Å². The topological polar surface area (TPSA) is 86.6 Å². The summed E-state index contributed by atoms with van der Waals surface area (Å²) >= 11 is 3.63. The summed E-state index contributed by atoms with van der Waals surface area (Å²) in [6, 6.07) is 14.2. The molecule has 7 nitrogen and oxygen atoms in total. The molecule has 3 rings (SSSR count). The van der Waals surface area contributed by atoms with Gasteiger partial charge in [-0.1, -0.05) is 35.9 Å². The Kier molecular flexibility index (Phi) is 6.62. The minimum atomic E-state index is -2.41. The summed E-state index contributed by atoms with van der Waals surface area (Å²) < 4.78 is 25.9. The van der Waals surface area contributed by atoms with Crippen LogP contribution in [-0.2, 0) is 23.2 Å². The van der Waals surface area contributed by atoms with Crippen LogP contribution >= 0.6 is 11.6 Å². The van der Waals surface area contributed by atoms with Crippen molar-refractivity contribution in [2.24, 2.45) is 7.05 Å². The zero-order valence-corrected chi connectivity index (χ0v) is 18.5. The summed E-state index contributed by atoms with van der Waals surface area (Å²) in [5.41, 5.74) is 5.10. The number of nitrogens with zero attached hydrogens (tertiary/aromatic N) is 2. The predicted octanol–water partition coefficient (Wildman–Crippen LogP) is 4.16. The molecule has 1 unspecified atom stereocenters. The first-order chi connectivity index (χ1) is 14.2. The number of anilines is 1. The quantitative estimate of drug-likeness (QED) is 0.455. The van der Waals surface area contributed by atoms with Gasteiger partial charge in [-0.05, 0) is 47.9 Å². The summed E-state index contributed by atoms with van der Waals surface area (Å²) in [6.07, 6.45) is 0. The highest BCUT2D eigenvalue weighted by atomic mass is 35.5. The minimum Gasteiger partial charge on any atom is -0.755 e. The van der Waals surface area contributed by atoms with Crippen molar-refractivity contribution in [3.63, 3.8) is 0 Å². The van der Waals surface area contributed by atoms with E-state index in [1.807, 2.05) is 30.7 Å². The van der Waals surface area contributed by atoms with Crippen LogP contribution in [0.15, 0.2) is 48.5 Å². The van der Waals surface area contributed by atoms with E-state index < -0.39 is 11.3 Å². The van der Waals surface area contributed by atoms with Gasteiger partial charge in [0.1, 0.15) is 5.69 Å². The van der Waals surface area contributed by atoms with Crippen molar-refractivity contribution >= 4 is 34.5 Å². The molecule has 0 spiro atoms. The van der Waals surface area contributed by atoms with Gasteiger partial charge in [-0.3, -0.25) is 13.8 Å². The number of rotatable bonds is 6. The van der Waals surface area contributed by atoms with E-state index in [1.165, 1.54) is 12.2 Å². The second-order valence-corrected chi connectivity index (χ2v) is 7.77. The minimum absolute atomic E-state index is 0.304. The van der Waals surface area contributed by atoms with E-state index in [1.54, 1.807) is 43.4 Å². The molecule has 30 heavy (non-hydrogen) atoms. The predicted molar refractivity (Wildman–Crippen MR) is 118 cm³/mol. The molecule has 3 aromatic rings. The Hall–Kier alpha value is -2.65. The maximum absolute atomic E-state index is 13.1. The lowest BCUT2D eigenvalue weighted by Gasteiger charge is -2.16. The molecule has 0 aliphatic carbocycles. The molecule has 0 bridgehead atoms. The van der Waals surface area contributed by atoms with Crippen LogP contribution < -0.4 is 4.72 Å². The Morgan fingerprint density at radius 1 is 1.13 bits per heavy atom. The number of halogens is 1. The maximum atomic E-state index is 13.1. The largest absolute Gasteiger partial charge is 0.755 e. The fourth-order valence-corrected chi connectivity index (χ4v) is 3.94. The normalized spacial score (nSPS) is 11.9. The van der Waals surface area contributed by atoms with Crippen molar-refractivity contribution in [3.05, 3.63) is 64.8 Å². The number of aromatic nitrogens is 1. The van der Waals surface area contributed by atoms with Crippen LogP contribution in [0.5, 0.6) is 0 Å². The molecule has 2 aromatic carbocycles. The van der Waals surface area contributed by atoms with Crippen LogP contribution in [0, 0.1) is 6.92 Å². The van der Waals surface area contributed by atoms with Crippen molar-refractivity contribution in [1.82, 2.24) is 9.63 Å². The Labute approximate surface area is 182 Å². The lowest BCUT2D eigenvalue weighted by Crippen LogP contribution is -2.27.